The molecule has 0 radical (unpaired) electrons. The highest BCUT2D eigenvalue weighted by Crippen LogP contribution is 2.11. The van der Waals surface area contributed by atoms with E-state index in [0.717, 1.165) is 17.0 Å². The summed E-state index contributed by atoms with van der Waals surface area (Å²) in [6.07, 6.45) is 1.68. The second-order valence-corrected chi connectivity index (χ2v) is 2.83. The molecular weight excluding hydrogens is 176 g/mol. The van der Waals surface area contributed by atoms with Crippen molar-refractivity contribution in [3.8, 4) is 0 Å². The van der Waals surface area contributed by atoms with Crippen LogP contribution in [0.2, 0.25) is 0 Å². The molecule has 0 rings (SSSR count). The van der Waals surface area contributed by atoms with E-state index in [9.17, 15) is 0 Å². The van der Waals surface area contributed by atoms with E-state index >= 15 is 0 Å². The molecule has 0 aliphatic rings. The van der Waals surface area contributed by atoms with Gasteiger partial charge < -0.3 is 11.1 Å². The lowest BCUT2D eigenvalue weighted by Gasteiger charge is -2.09. The van der Waals surface area contributed by atoms with Crippen molar-refractivity contribution in [1.29, 1.82) is 0 Å². The van der Waals surface area contributed by atoms with E-state index < -0.39 is 0 Å². The first-order valence-corrected chi connectivity index (χ1v) is 4.32. The van der Waals surface area contributed by atoms with Gasteiger partial charge in [0.1, 0.15) is 0 Å². The molecule has 3 N–H and O–H groups in total. The summed E-state index contributed by atoms with van der Waals surface area (Å²) in [6, 6.07) is 0. The van der Waals surface area contributed by atoms with Gasteiger partial charge in [0.15, 0.2) is 0 Å². The van der Waals surface area contributed by atoms with E-state index in [-0.39, 0.29) is 0 Å². The van der Waals surface area contributed by atoms with Crippen LogP contribution in [0.1, 0.15) is 13.8 Å². The predicted octanol–water partition coefficient (Wildman–Crippen LogP) is 1.07. The summed E-state index contributed by atoms with van der Waals surface area (Å²) in [6.45, 7) is 7.21. The Hall–Kier alpha value is -1.58. The molecule has 4 heteroatoms. The Morgan fingerprint density at radius 2 is 2.00 bits per heavy atom. The first kappa shape index (κ1) is 12.4. The summed E-state index contributed by atoms with van der Waals surface area (Å²) in [4.78, 5) is 7.77. The molecule has 78 valence electrons. The van der Waals surface area contributed by atoms with Crippen molar-refractivity contribution in [3.05, 3.63) is 22.7 Å². The normalized spacial score (nSPS) is 14.9. The summed E-state index contributed by atoms with van der Waals surface area (Å²) in [5.74, 6) is 0. The lowest BCUT2D eigenvalue weighted by molar-refractivity contribution is 0.956. The summed E-state index contributed by atoms with van der Waals surface area (Å²) in [5, 5.41) is 2.98. The van der Waals surface area contributed by atoms with Crippen LogP contribution >= 0.6 is 0 Å². The molecule has 0 aliphatic heterocycles. The summed E-state index contributed by atoms with van der Waals surface area (Å²) in [7, 11) is 3.51. The highest BCUT2D eigenvalue weighted by molar-refractivity contribution is 5.85. The molecule has 0 heterocycles. The van der Waals surface area contributed by atoms with Crippen molar-refractivity contribution >= 4 is 12.9 Å². The standard InChI is InChI=1S/C10H18N4/c1-7(13-4)9(6-12-3)10(11)8(2)14-5/h6,14H,4,11H2,1-3,5H3/b9-7+,10-8+,12-6-. The number of allylic oxidation sites excluding steroid dienone is 3. The Labute approximate surface area is 85.3 Å². The Morgan fingerprint density at radius 3 is 2.36 bits per heavy atom. The zero-order valence-electron chi connectivity index (χ0n) is 9.26. The molecule has 14 heavy (non-hydrogen) atoms. The third kappa shape index (κ3) is 3.05. The number of hydrogen-bond acceptors (Lipinski definition) is 4. The first-order chi connectivity index (χ1) is 6.58. The SMILES string of the molecule is C=N/C(C)=C(\C=N/C)C(/N)=C(/C)NC. The second kappa shape index (κ2) is 5.96. The number of nitrogens with two attached hydrogens (primary N) is 1. The molecule has 0 spiro atoms. The minimum absolute atomic E-state index is 0.642. The van der Waals surface area contributed by atoms with Crippen LogP contribution in [0.4, 0.5) is 0 Å². The molecule has 4 nitrogen and oxygen atoms in total. The van der Waals surface area contributed by atoms with Gasteiger partial charge in [0, 0.05) is 37.3 Å². The fraction of sp³-hybridized carbons (Fsp3) is 0.400. The van der Waals surface area contributed by atoms with Gasteiger partial charge in [0.05, 0.1) is 5.70 Å². The van der Waals surface area contributed by atoms with Gasteiger partial charge in [0.25, 0.3) is 0 Å². The lowest BCUT2D eigenvalue weighted by atomic mass is 10.1. The summed E-state index contributed by atoms with van der Waals surface area (Å²) >= 11 is 0. The molecule has 0 aromatic carbocycles. The third-order valence-electron chi connectivity index (χ3n) is 1.95. The smallest absolute Gasteiger partial charge is 0.0611 e. The van der Waals surface area contributed by atoms with Gasteiger partial charge in [-0.1, -0.05) is 0 Å². The number of hydrogen-bond donors (Lipinski definition) is 2. The maximum atomic E-state index is 5.91. The molecule has 0 saturated carbocycles. The van der Waals surface area contributed by atoms with Gasteiger partial charge in [0.2, 0.25) is 0 Å². The molecule has 0 atom stereocenters. The van der Waals surface area contributed by atoms with Crippen LogP contribution in [0.25, 0.3) is 0 Å². The van der Waals surface area contributed by atoms with E-state index in [2.05, 4.69) is 22.0 Å². The van der Waals surface area contributed by atoms with Crippen LogP contribution in [0.5, 0.6) is 0 Å². The quantitative estimate of drug-likeness (QED) is 0.519. The van der Waals surface area contributed by atoms with Crippen molar-refractivity contribution in [2.75, 3.05) is 14.1 Å². The Balaban J connectivity index is 5.35. The molecule has 0 bridgehead atoms. The number of rotatable bonds is 4. The summed E-state index contributed by atoms with van der Waals surface area (Å²) < 4.78 is 0. The molecule has 0 aromatic rings. The van der Waals surface area contributed by atoms with Gasteiger partial charge in [-0.3, -0.25) is 9.98 Å². The highest BCUT2D eigenvalue weighted by Gasteiger charge is 2.05. The monoisotopic (exact) mass is 194 g/mol. The van der Waals surface area contributed by atoms with E-state index in [1.165, 1.54) is 0 Å². The average molecular weight is 194 g/mol. The number of nitrogens with one attached hydrogen (secondary N) is 1. The van der Waals surface area contributed by atoms with Crippen LogP contribution in [0.15, 0.2) is 32.6 Å². The minimum Gasteiger partial charge on any atom is -0.397 e. The third-order valence-corrected chi connectivity index (χ3v) is 1.95. The Bertz CT molecular complexity index is 297. The maximum Gasteiger partial charge on any atom is 0.0611 e. The topological polar surface area (TPSA) is 62.8 Å². The maximum absolute atomic E-state index is 5.91. The van der Waals surface area contributed by atoms with Gasteiger partial charge in [-0.2, -0.15) is 0 Å². The van der Waals surface area contributed by atoms with E-state index in [1.54, 1.807) is 13.3 Å². The largest absolute Gasteiger partial charge is 0.397 e. The van der Waals surface area contributed by atoms with Gasteiger partial charge in [-0.25, -0.2) is 0 Å². The molecule has 0 unspecified atom stereocenters. The lowest BCUT2D eigenvalue weighted by Crippen LogP contribution is -2.14. The van der Waals surface area contributed by atoms with E-state index in [1.807, 2.05) is 20.9 Å². The zero-order valence-corrected chi connectivity index (χ0v) is 9.26. The fourth-order valence-corrected chi connectivity index (χ4v) is 0.909. The molecule has 0 amide bonds. The number of aliphatic imine (C=N–C) groups is 2. The second-order valence-electron chi connectivity index (χ2n) is 2.83. The van der Waals surface area contributed by atoms with Crippen LogP contribution < -0.4 is 11.1 Å². The van der Waals surface area contributed by atoms with Crippen molar-refractivity contribution < 1.29 is 0 Å². The van der Waals surface area contributed by atoms with E-state index in [0.29, 0.717) is 5.70 Å². The predicted molar refractivity (Wildman–Crippen MR) is 62.6 cm³/mol. The Kier molecular flexibility index (Phi) is 5.29. The van der Waals surface area contributed by atoms with Crippen LogP contribution in [0, 0.1) is 0 Å². The fourth-order valence-electron chi connectivity index (χ4n) is 0.909. The van der Waals surface area contributed by atoms with Crippen molar-refractivity contribution in [3.63, 3.8) is 0 Å². The van der Waals surface area contributed by atoms with Crippen molar-refractivity contribution in [2.45, 2.75) is 13.8 Å². The average Bonchev–Trinajstić information content (AvgIpc) is 2.22. The van der Waals surface area contributed by atoms with Gasteiger partial charge in [-0.05, 0) is 20.6 Å². The molecule has 0 saturated heterocycles. The van der Waals surface area contributed by atoms with Crippen LogP contribution in [-0.2, 0) is 0 Å². The first-order valence-electron chi connectivity index (χ1n) is 4.32. The zero-order chi connectivity index (χ0) is 11.1. The highest BCUT2D eigenvalue weighted by atomic mass is 14.9. The summed E-state index contributed by atoms with van der Waals surface area (Å²) in [5.41, 5.74) is 9.01. The Morgan fingerprint density at radius 1 is 1.43 bits per heavy atom. The van der Waals surface area contributed by atoms with Gasteiger partial charge in [-0.15, -0.1) is 0 Å². The van der Waals surface area contributed by atoms with Crippen molar-refractivity contribution in [2.24, 2.45) is 15.7 Å². The molecular formula is C10H18N4. The molecule has 0 fully saturated rings. The van der Waals surface area contributed by atoms with Gasteiger partial charge >= 0.3 is 0 Å². The van der Waals surface area contributed by atoms with Crippen LogP contribution in [0.3, 0.4) is 0 Å². The molecule has 0 aliphatic carbocycles. The van der Waals surface area contributed by atoms with E-state index in [4.69, 9.17) is 5.73 Å². The van der Waals surface area contributed by atoms with Crippen LogP contribution in [-0.4, -0.2) is 27.0 Å². The van der Waals surface area contributed by atoms with Crippen molar-refractivity contribution in [1.82, 2.24) is 5.32 Å². The number of nitrogens with zero attached hydrogens (tertiary/aromatic N) is 2. The minimum atomic E-state index is 0.642. The molecule has 0 aromatic heterocycles.